The molecule has 21 heavy (non-hydrogen) atoms. The minimum absolute atomic E-state index is 0.196. The third-order valence-electron chi connectivity index (χ3n) is 3.22. The van der Waals surface area contributed by atoms with Crippen LogP contribution in [0.4, 0.5) is 5.69 Å². The Morgan fingerprint density at radius 3 is 2.67 bits per heavy atom. The van der Waals surface area contributed by atoms with Gasteiger partial charge in [0.05, 0.1) is 0 Å². The summed E-state index contributed by atoms with van der Waals surface area (Å²) < 4.78 is 0. The van der Waals surface area contributed by atoms with Crippen LogP contribution in [0.3, 0.4) is 0 Å². The molecule has 0 aliphatic carbocycles. The molecule has 3 nitrogen and oxygen atoms in total. The minimum Gasteiger partial charge on any atom is -0.321 e. The molecule has 0 unspecified atom stereocenters. The lowest BCUT2D eigenvalue weighted by Crippen LogP contribution is -2.12. The molecule has 0 saturated heterocycles. The topological polar surface area (TPSA) is 42.0 Å². The number of fused-ring (bicyclic) bond motifs is 1. The van der Waals surface area contributed by atoms with Gasteiger partial charge in [-0.15, -0.1) is 0 Å². The smallest absolute Gasteiger partial charge is 0.255 e. The molecule has 4 heteroatoms. The maximum Gasteiger partial charge on any atom is 0.255 e. The van der Waals surface area contributed by atoms with E-state index in [2.05, 4.69) is 10.3 Å². The highest BCUT2D eigenvalue weighted by molar-refractivity contribution is 6.30. The van der Waals surface area contributed by atoms with Crippen LogP contribution in [0.2, 0.25) is 5.15 Å². The molecule has 1 N–H and O–H groups in total. The van der Waals surface area contributed by atoms with Gasteiger partial charge in [-0.05, 0) is 30.5 Å². The Morgan fingerprint density at radius 1 is 1.10 bits per heavy atom. The Labute approximate surface area is 127 Å². The number of pyridine rings is 1. The standard InChI is InChI=1S/C17H13ClN2O/c1-11-9-13(10-16(18)19-11)17(21)20-15-8-4-6-12-5-2-3-7-14(12)15/h2-10H,1H3,(H,20,21). The van der Waals surface area contributed by atoms with E-state index in [4.69, 9.17) is 11.6 Å². The van der Waals surface area contributed by atoms with Crippen molar-refractivity contribution < 1.29 is 4.79 Å². The van der Waals surface area contributed by atoms with Crippen LogP contribution >= 0.6 is 11.6 Å². The quantitative estimate of drug-likeness (QED) is 0.710. The first-order valence-corrected chi connectivity index (χ1v) is 6.94. The predicted octanol–water partition coefficient (Wildman–Crippen LogP) is 4.45. The molecule has 2 aromatic carbocycles. The summed E-state index contributed by atoms with van der Waals surface area (Å²) in [4.78, 5) is 16.4. The highest BCUT2D eigenvalue weighted by Crippen LogP contribution is 2.23. The van der Waals surface area contributed by atoms with Gasteiger partial charge in [-0.25, -0.2) is 4.98 Å². The number of nitrogens with one attached hydrogen (secondary N) is 1. The molecule has 0 aliphatic heterocycles. The zero-order valence-corrected chi connectivity index (χ0v) is 12.2. The van der Waals surface area contributed by atoms with Crippen LogP contribution in [0.5, 0.6) is 0 Å². The molecule has 0 bridgehead atoms. The summed E-state index contributed by atoms with van der Waals surface area (Å²) in [6, 6.07) is 17.0. The van der Waals surface area contributed by atoms with E-state index in [-0.39, 0.29) is 5.91 Å². The van der Waals surface area contributed by atoms with Crippen LogP contribution in [0.15, 0.2) is 54.6 Å². The number of anilines is 1. The molecule has 3 aromatic rings. The first-order valence-electron chi connectivity index (χ1n) is 6.57. The maximum atomic E-state index is 12.4. The highest BCUT2D eigenvalue weighted by atomic mass is 35.5. The third-order valence-corrected chi connectivity index (χ3v) is 3.42. The molecular formula is C17H13ClN2O. The molecule has 1 amide bonds. The summed E-state index contributed by atoms with van der Waals surface area (Å²) in [5.41, 5.74) is 2.00. The van der Waals surface area contributed by atoms with E-state index in [1.807, 2.05) is 42.5 Å². The summed E-state index contributed by atoms with van der Waals surface area (Å²) in [6.07, 6.45) is 0. The Hall–Kier alpha value is -2.39. The number of carbonyl (C=O) groups excluding carboxylic acids is 1. The number of benzene rings is 2. The summed E-state index contributed by atoms with van der Waals surface area (Å²) >= 11 is 5.90. The number of hydrogen-bond acceptors (Lipinski definition) is 2. The van der Waals surface area contributed by atoms with Gasteiger partial charge in [-0.3, -0.25) is 4.79 Å². The van der Waals surface area contributed by atoms with Gasteiger partial charge in [-0.2, -0.15) is 0 Å². The van der Waals surface area contributed by atoms with Crippen molar-refractivity contribution >= 4 is 34.0 Å². The van der Waals surface area contributed by atoms with Gasteiger partial charge in [0.25, 0.3) is 5.91 Å². The van der Waals surface area contributed by atoms with Crippen LogP contribution in [0.25, 0.3) is 10.8 Å². The molecule has 0 aliphatic rings. The number of carbonyl (C=O) groups is 1. The molecule has 104 valence electrons. The maximum absolute atomic E-state index is 12.4. The van der Waals surface area contributed by atoms with Crippen molar-refractivity contribution in [3.63, 3.8) is 0 Å². The third kappa shape index (κ3) is 2.88. The van der Waals surface area contributed by atoms with Crippen molar-refractivity contribution in [2.24, 2.45) is 0 Å². The first-order chi connectivity index (χ1) is 10.1. The Bertz CT molecular complexity index is 804. The van der Waals surface area contributed by atoms with Gasteiger partial charge in [0, 0.05) is 22.3 Å². The SMILES string of the molecule is Cc1cc(C(=O)Nc2cccc3ccccc23)cc(Cl)n1. The number of aromatic nitrogens is 1. The van der Waals surface area contributed by atoms with Crippen LogP contribution in [-0.2, 0) is 0 Å². The summed E-state index contributed by atoms with van der Waals surface area (Å²) in [6.45, 7) is 1.81. The van der Waals surface area contributed by atoms with Crippen molar-refractivity contribution in [2.45, 2.75) is 6.92 Å². The van der Waals surface area contributed by atoms with E-state index >= 15 is 0 Å². The zero-order chi connectivity index (χ0) is 14.8. The van der Waals surface area contributed by atoms with Gasteiger partial charge in [0.2, 0.25) is 0 Å². The highest BCUT2D eigenvalue weighted by Gasteiger charge is 2.10. The fraction of sp³-hybridized carbons (Fsp3) is 0.0588. The van der Waals surface area contributed by atoms with Crippen molar-refractivity contribution in [1.29, 1.82) is 0 Å². The number of amides is 1. The van der Waals surface area contributed by atoms with Gasteiger partial charge in [0.15, 0.2) is 0 Å². The number of halogens is 1. The largest absolute Gasteiger partial charge is 0.321 e. The molecule has 1 heterocycles. The monoisotopic (exact) mass is 296 g/mol. The Morgan fingerprint density at radius 2 is 1.86 bits per heavy atom. The fourth-order valence-corrected chi connectivity index (χ4v) is 2.54. The second kappa shape index (κ2) is 5.54. The lowest BCUT2D eigenvalue weighted by Gasteiger charge is -2.09. The normalized spacial score (nSPS) is 10.6. The lowest BCUT2D eigenvalue weighted by atomic mass is 10.1. The summed E-state index contributed by atoms with van der Waals surface area (Å²) in [7, 11) is 0. The van der Waals surface area contributed by atoms with E-state index < -0.39 is 0 Å². The molecule has 0 radical (unpaired) electrons. The molecule has 0 spiro atoms. The average molecular weight is 297 g/mol. The van der Waals surface area contributed by atoms with E-state index in [0.717, 1.165) is 16.5 Å². The molecule has 0 fully saturated rings. The number of aryl methyl sites for hydroxylation is 1. The summed E-state index contributed by atoms with van der Waals surface area (Å²) in [5.74, 6) is -0.196. The molecule has 0 atom stereocenters. The first kappa shape index (κ1) is 13.6. The van der Waals surface area contributed by atoms with Gasteiger partial charge < -0.3 is 5.32 Å². The summed E-state index contributed by atoms with van der Waals surface area (Å²) in [5, 5.41) is 5.34. The van der Waals surface area contributed by atoms with Gasteiger partial charge in [0.1, 0.15) is 5.15 Å². The van der Waals surface area contributed by atoms with Crippen molar-refractivity contribution in [2.75, 3.05) is 5.32 Å². The second-order valence-corrected chi connectivity index (χ2v) is 5.19. The van der Waals surface area contributed by atoms with Crippen LogP contribution in [0, 0.1) is 6.92 Å². The number of hydrogen-bond donors (Lipinski definition) is 1. The van der Waals surface area contributed by atoms with Gasteiger partial charge >= 0.3 is 0 Å². The second-order valence-electron chi connectivity index (χ2n) is 4.80. The van der Waals surface area contributed by atoms with Crippen LogP contribution in [0.1, 0.15) is 16.1 Å². The molecular weight excluding hydrogens is 284 g/mol. The number of nitrogens with zero attached hydrogens (tertiary/aromatic N) is 1. The lowest BCUT2D eigenvalue weighted by molar-refractivity contribution is 0.102. The number of rotatable bonds is 2. The molecule has 1 aromatic heterocycles. The van der Waals surface area contributed by atoms with Crippen molar-refractivity contribution in [3.05, 3.63) is 71.0 Å². The molecule has 3 rings (SSSR count). The minimum atomic E-state index is -0.196. The van der Waals surface area contributed by atoms with E-state index in [9.17, 15) is 4.79 Å². The van der Waals surface area contributed by atoms with Crippen LogP contribution in [-0.4, -0.2) is 10.9 Å². The van der Waals surface area contributed by atoms with E-state index in [0.29, 0.717) is 16.4 Å². The Kier molecular flexibility index (Phi) is 3.59. The van der Waals surface area contributed by atoms with Gasteiger partial charge in [-0.1, -0.05) is 48.0 Å². The fourth-order valence-electron chi connectivity index (χ4n) is 2.29. The van der Waals surface area contributed by atoms with Crippen molar-refractivity contribution in [3.8, 4) is 0 Å². The Balaban J connectivity index is 1.96. The van der Waals surface area contributed by atoms with Crippen molar-refractivity contribution in [1.82, 2.24) is 4.98 Å². The zero-order valence-electron chi connectivity index (χ0n) is 11.4. The predicted molar refractivity (Wildman–Crippen MR) is 85.9 cm³/mol. The average Bonchev–Trinajstić information content (AvgIpc) is 2.46. The van der Waals surface area contributed by atoms with Crippen LogP contribution < -0.4 is 5.32 Å². The van der Waals surface area contributed by atoms with E-state index in [1.54, 1.807) is 19.1 Å². The molecule has 0 saturated carbocycles. The van der Waals surface area contributed by atoms with E-state index in [1.165, 1.54) is 0 Å².